The number of carbonyl (C=O) groups is 1. The SMILES string of the molecule is COCCCn1c(-c2ccncc2)cc(C(=O)OC)c1C. The fraction of sp³-hybridized carbons (Fsp3) is 0.375. The predicted octanol–water partition coefficient (Wildman–Crippen LogP) is 2.68. The number of hydrogen-bond acceptors (Lipinski definition) is 4. The van der Waals surface area contributed by atoms with Crippen LogP contribution in [0, 0.1) is 6.92 Å². The summed E-state index contributed by atoms with van der Waals surface area (Å²) in [5, 5.41) is 0. The number of pyridine rings is 1. The summed E-state index contributed by atoms with van der Waals surface area (Å²) in [7, 11) is 3.09. The van der Waals surface area contributed by atoms with Crippen LogP contribution in [-0.4, -0.2) is 36.3 Å². The molecule has 0 aliphatic carbocycles. The van der Waals surface area contributed by atoms with Crippen LogP contribution in [0.4, 0.5) is 0 Å². The van der Waals surface area contributed by atoms with E-state index in [4.69, 9.17) is 9.47 Å². The van der Waals surface area contributed by atoms with E-state index < -0.39 is 0 Å². The third kappa shape index (κ3) is 3.31. The summed E-state index contributed by atoms with van der Waals surface area (Å²) < 4.78 is 12.1. The Morgan fingerprint density at radius 1 is 1.29 bits per heavy atom. The molecule has 2 rings (SSSR count). The Labute approximate surface area is 124 Å². The van der Waals surface area contributed by atoms with Crippen LogP contribution >= 0.6 is 0 Å². The highest BCUT2D eigenvalue weighted by atomic mass is 16.5. The van der Waals surface area contributed by atoms with Gasteiger partial charge in [-0.25, -0.2) is 4.79 Å². The Kier molecular flexibility index (Phi) is 5.11. The highest BCUT2D eigenvalue weighted by Gasteiger charge is 2.18. The number of esters is 1. The van der Waals surface area contributed by atoms with Gasteiger partial charge in [-0.2, -0.15) is 0 Å². The second-order valence-corrected chi connectivity index (χ2v) is 4.75. The third-order valence-electron chi connectivity index (χ3n) is 3.48. The highest BCUT2D eigenvalue weighted by Crippen LogP contribution is 2.26. The number of nitrogens with zero attached hydrogens (tertiary/aromatic N) is 2. The maximum atomic E-state index is 11.9. The smallest absolute Gasteiger partial charge is 0.339 e. The molecule has 2 heterocycles. The first-order valence-corrected chi connectivity index (χ1v) is 6.86. The first kappa shape index (κ1) is 15.3. The Morgan fingerprint density at radius 3 is 2.62 bits per heavy atom. The lowest BCUT2D eigenvalue weighted by Crippen LogP contribution is -2.07. The quantitative estimate of drug-likeness (QED) is 0.606. The summed E-state index contributed by atoms with van der Waals surface area (Å²) >= 11 is 0. The molecule has 0 fully saturated rings. The topological polar surface area (TPSA) is 53.4 Å². The van der Waals surface area contributed by atoms with Gasteiger partial charge in [-0.15, -0.1) is 0 Å². The Hall–Kier alpha value is -2.14. The number of aromatic nitrogens is 2. The molecular weight excluding hydrogens is 268 g/mol. The van der Waals surface area contributed by atoms with E-state index >= 15 is 0 Å². The van der Waals surface area contributed by atoms with Crippen molar-refractivity contribution in [2.24, 2.45) is 0 Å². The van der Waals surface area contributed by atoms with E-state index in [2.05, 4.69) is 9.55 Å². The summed E-state index contributed by atoms with van der Waals surface area (Å²) in [5.74, 6) is -0.312. The van der Waals surface area contributed by atoms with Gasteiger partial charge >= 0.3 is 5.97 Å². The number of rotatable bonds is 6. The lowest BCUT2D eigenvalue weighted by atomic mass is 10.2. The Bertz CT molecular complexity index is 605. The van der Waals surface area contributed by atoms with Crippen molar-refractivity contribution in [1.82, 2.24) is 9.55 Å². The monoisotopic (exact) mass is 288 g/mol. The van der Waals surface area contributed by atoms with Crippen molar-refractivity contribution >= 4 is 5.97 Å². The van der Waals surface area contributed by atoms with E-state index in [0.29, 0.717) is 12.2 Å². The zero-order valence-corrected chi connectivity index (χ0v) is 12.6. The first-order valence-electron chi connectivity index (χ1n) is 6.86. The van der Waals surface area contributed by atoms with Crippen LogP contribution in [0.15, 0.2) is 30.6 Å². The van der Waals surface area contributed by atoms with Crippen molar-refractivity contribution in [3.8, 4) is 11.3 Å². The molecule has 21 heavy (non-hydrogen) atoms. The molecule has 5 heteroatoms. The largest absolute Gasteiger partial charge is 0.465 e. The number of carbonyl (C=O) groups excluding carboxylic acids is 1. The van der Waals surface area contributed by atoms with Gasteiger partial charge < -0.3 is 14.0 Å². The summed E-state index contributed by atoms with van der Waals surface area (Å²) in [6, 6.07) is 5.74. The van der Waals surface area contributed by atoms with Gasteiger partial charge in [0.15, 0.2) is 0 Å². The number of hydrogen-bond donors (Lipinski definition) is 0. The molecule has 2 aromatic rings. The predicted molar refractivity (Wildman–Crippen MR) is 80.2 cm³/mol. The minimum Gasteiger partial charge on any atom is -0.465 e. The molecule has 112 valence electrons. The van der Waals surface area contributed by atoms with Crippen molar-refractivity contribution in [1.29, 1.82) is 0 Å². The van der Waals surface area contributed by atoms with E-state index in [1.807, 2.05) is 25.1 Å². The van der Waals surface area contributed by atoms with Crippen molar-refractivity contribution in [2.75, 3.05) is 20.8 Å². The molecule has 0 aliphatic heterocycles. The van der Waals surface area contributed by atoms with Crippen LogP contribution in [0.25, 0.3) is 11.3 Å². The molecule has 0 saturated heterocycles. The van der Waals surface area contributed by atoms with Crippen molar-refractivity contribution in [3.05, 3.63) is 41.9 Å². The van der Waals surface area contributed by atoms with Gasteiger partial charge in [0.05, 0.1) is 12.7 Å². The minimum atomic E-state index is -0.312. The first-order chi connectivity index (χ1) is 10.2. The van der Waals surface area contributed by atoms with Crippen LogP contribution in [0.1, 0.15) is 22.5 Å². The molecule has 0 N–H and O–H groups in total. The highest BCUT2D eigenvalue weighted by molar-refractivity contribution is 5.92. The fourth-order valence-electron chi connectivity index (χ4n) is 2.38. The summed E-state index contributed by atoms with van der Waals surface area (Å²) in [5.41, 5.74) is 3.53. The average molecular weight is 288 g/mol. The van der Waals surface area contributed by atoms with Crippen molar-refractivity contribution in [2.45, 2.75) is 19.9 Å². The molecule has 0 amide bonds. The zero-order chi connectivity index (χ0) is 15.2. The maximum absolute atomic E-state index is 11.9. The van der Waals surface area contributed by atoms with Crippen LogP contribution in [0.5, 0.6) is 0 Å². The van der Waals surface area contributed by atoms with Crippen LogP contribution in [0.2, 0.25) is 0 Å². The van der Waals surface area contributed by atoms with Gasteiger partial charge in [-0.1, -0.05) is 0 Å². The molecule has 0 saturated carbocycles. The molecule has 0 unspecified atom stereocenters. The third-order valence-corrected chi connectivity index (χ3v) is 3.48. The van der Waals surface area contributed by atoms with E-state index in [0.717, 1.165) is 29.9 Å². The molecule has 0 atom stereocenters. The zero-order valence-electron chi connectivity index (χ0n) is 12.6. The normalized spacial score (nSPS) is 10.6. The van der Waals surface area contributed by atoms with Crippen LogP contribution in [0.3, 0.4) is 0 Å². The van der Waals surface area contributed by atoms with Crippen LogP contribution in [-0.2, 0) is 16.0 Å². The van der Waals surface area contributed by atoms with Crippen LogP contribution < -0.4 is 0 Å². The van der Waals surface area contributed by atoms with Gasteiger partial charge in [-0.3, -0.25) is 4.98 Å². The van der Waals surface area contributed by atoms with E-state index in [-0.39, 0.29) is 5.97 Å². The lowest BCUT2D eigenvalue weighted by Gasteiger charge is -2.11. The van der Waals surface area contributed by atoms with Gasteiger partial charge in [0, 0.05) is 49.6 Å². The minimum absolute atomic E-state index is 0.312. The fourth-order valence-corrected chi connectivity index (χ4v) is 2.38. The second kappa shape index (κ2) is 7.04. The summed E-state index contributed by atoms with van der Waals surface area (Å²) in [4.78, 5) is 15.9. The molecule has 0 radical (unpaired) electrons. The summed E-state index contributed by atoms with van der Waals surface area (Å²) in [6.45, 7) is 3.40. The van der Waals surface area contributed by atoms with E-state index in [1.165, 1.54) is 7.11 Å². The Balaban J connectivity index is 2.43. The number of methoxy groups -OCH3 is 2. The standard InChI is InChI=1S/C16H20N2O3/c1-12-14(16(19)21-3)11-15(13-5-7-17-8-6-13)18(12)9-4-10-20-2/h5-8,11H,4,9-10H2,1-3H3. The molecule has 0 aromatic carbocycles. The molecule has 0 aliphatic rings. The second-order valence-electron chi connectivity index (χ2n) is 4.75. The lowest BCUT2D eigenvalue weighted by molar-refractivity contribution is 0.0600. The molecule has 2 aromatic heterocycles. The Morgan fingerprint density at radius 2 is 2.00 bits per heavy atom. The van der Waals surface area contributed by atoms with E-state index in [9.17, 15) is 4.79 Å². The van der Waals surface area contributed by atoms with E-state index in [1.54, 1.807) is 19.5 Å². The van der Waals surface area contributed by atoms with Gasteiger partial charge in [-0.05, 0) is 31.5 Å². The molecule has 0 spiro atoms. The molecule has 5 nitrogen and oxygen atoms in total. The molecular formula is C16H20N2O3. The van der Waals surface area contributed by atoms with Gasteiger partial charge in [0.1, 0.15) is 0 Å². The maximum Gasteiger partial charge on any atom is 0.339 e. The summed E-state index contributed by atoms with van der Waals surface area (Å²) in [6.07, 6.45) is 4.37. The van der Waals surface area contributed by atoms with Gasteiger partial charge in [0.2, 0.25) is 0 Å². The van der Waals surface area contributed by atoms with Crippen molar-refractivity contribution in [3.63, 3.8) is 0 Å². The van der Waals surface area contributed by atoms with Gasteiger partial charge in [0.25, 0.3) is 0 Å². The average Bonchev–Trinajstić information content (AvgIpc) is 2.85. The van der Waals surface area contributed by atoms with Crippen molar-refractivity contribution < 1.29 is 14.3 Å². The number of ether oxygens (including phenoxy) is 2. The molecule has 0 bridgehead atoms.